The molecule has 7 heteroatoms. The van der Waals surface area contributed by atoms with E-state index in [9.17, 15) is 0 Å². The maximum atomic E-state index is 6.39. The second kappa shape index (κ2) is 8.02. The number of quaternary nitrogens is 1. The predicted octanol–water partition coefficient (Wildman–Crippen LogP) is 4.61. The quantitative estimate of drug-likeness (QED) is 0.546. The van der Waals surface area contributed by atoms with Crippen LogP contribution in [0.15, 0.2) is 48.7 Å². The van der Waals surface area contributed by atoms with Crippen molar-refractivity contribution in [2.24, 2.45) is 0 Å². The van der Waals surface area contributed by atoms with Gasteiger partial charge in [-0.15, -0.1) is 0 Å². The molecule has 0 saturated carbocycles. The molecule has 3 aromatic rings. The standard InChI is InChI=1S/C24H28ClN6/c1-31(2)12-10-30(11-13-31)22-9-8-20-15-18(22)7-6-17-4-3-5-19(14-17)28-24-26-16-21(25)23(27-20)29-24/h3-5,8-9,14-16H,6-7,10-13H2,1-2H3,(H2,26,27,28,29)/q+1. The molecule has 2 aromatic carbocycles. The number of nitrogens with one attached hydrogen (secondary N) is 2. The summed E-state index contributed by atoms with van der Waals surface area (Å²) in [4.78, 5) is 11.5. The Labute approximate surface area is 188 Å². The highest BCUT2D eigenvalue weighted by molar-refractivity contribution is 6.32. The number of rotatable bonds is 1. The van der Waals surface area contributed by atoms with Crippen LogP contribution >= 0.6 is 11.6 Å². The fourth-order valence-corrected chi connectivity index (χ4v) is 4.42. The summed E-state index contributed by atoms with van der Waals surface area (Å²) in [6, 6.07) is 15.1. The number of halogens is 1. The smallest absolute Gasteiger partial charge is 0.229 e. The van der Waals surface area contributed by atoms with Crippen LogP contribution in [-0.4, -0.2) is 54.7 Å². The predicted molar refractivity (Wildman–Crippen MR) is 128 cm³/mol. The van der Waals surface area contributed by atoms with Gasteiger partial charge in [0.2, 0.25) is 5.95 Å². The Bertz CT molecular complexity index is 1100. The lowest BCUT2D eigenvalue weighted by molar-refractivity contribution is -0.890. The molecule has 0 unspecified atom stereocenters. The van der Waals surface area contributed by atoms with E-state index in [4.69, 9.17) is 11.6 Å². The maximum absolute atomic E-state index is 6.39. The van der Waals surface area contributed by atoms with Crippen LogP contribution in [0.25, 0.3) is 0 Å². The van der Waals surface area contributed by atoms with Crippen LogP contribution in [0.1, 0.15) is 11.1 Å². The zero-order valence-electron chi connectivity index (χ0n) is 18.0. The Morgan fingerprint density at radius 1 is 0.968 bits per heavy atom. The first-order valence-electron chi connectivity index (χ1n) is 10.8. The molecular formula is C24H28ClN6+. The number of aryl methyl sites for hydroxylation is 2. The number of benzene rings is 2. The van der Waals surface area contributed by atoms with Gasteiger partial charge in [-0.25, -0.2) is 4.98 Å². The van der Waals surface area contributed by atoms with Crippen molar-refractivity contribution in [1.29, 1.82) is 0 Å². The number of hydrogen-bond donors (Lipinski definition) is 2. The largest absolute Gasteiger partial charge is 0.360 e. The van der Waals surface area contributed by atoms with Gasteiger partial charge in [0.05, 0.1) is 46.5 Å². The topological polar surface area (TPSA) is 53.1 Å². The Morgan fingerprint density at radius 3 is 2.61 bits per heavy atom. The molecule has 2 aliphatic rings. The molecule has 5 rings (SSSR count). The summed E-state index contributed by atoms with van der Waals surface area (Å²) < 4.78 is 1.08. The van der Waals surface area contributed by atoms with Gasteiger partial charge in [0.25, 0.3) is 0 Å². The summed E-state index contributed by atoms with van der Waals surface area (Å²) in [7, 11) is 4.63. The summed E-state index contributed by atoms with van der Waals surface area (Å²) in [5, 5.41) is 7.19. The van der Waals surface area contributed by atoms with Crippen LogP contribution in [-0.2, 0) is 12.8 Å². The molecule has 0 amide bonds. The van der Waals surface area contributed by atoms with Crippen molar-refractivity contribution in [3.05, 3.63) is 64.8 Å². The molecule has 3 heterocycles. The SMILES string of the molecule is C[N+]1(C)CCN(c2ccc3cc2CCc2cccc(c2)Nc2ncc(Cl)c(n2)N3)CC1. The Kier molecular flexibility index (Phi) is 5.20. The van der Waals surface area contributed by atoms with E-state index >= 15 is 0 Å². The van der Waals surface area contributed by atoms with Crippen molar-refractivity contribution in [3.63, 3.8) is 0 Å². The van der Waals surface area contributed by atoms with E-state index in [0.717, 1.165) is 54.9 Å². The maximum Gasteiger partial charge on any atom is 0.229 e. The highest BCUT2D eigenvalue weighted by atomic mass is 35.5. The zero-order valence-corrected chi connectivity index (χ0v) is 18.8. The highest BCUT2D eigenvalue weighted by Gasteiger charge is 2.25. The summed E-state index contributed by atoms with van der Waals surface area (Å²) in [6.07, 6.45) is 3.58. The molecule has 6 bridgehead atoms. The van der Waals surface area contributed by atoms with Crippen LogP contribution in [0.5, 0.6) is 0 Å². The minimum atomic E-state index is 0.496. The number of fused-ring (bicyclic) bond motifs is 6. The van der Waals surface area contributed by atoms with E-state index in [2.05, 4.69) is 76.0 Å². The summed E-state index contributed by atoms with van der Waals surface area (Å²) in [5.41, 5.74) is 5.95. The van der Waals surface area contributed by atoms with Crippen molar-refractivity contribution in [2.45, 2.75) is 12.8 Å². The average molecular weight is 436 g/mol. The van der Waals surface area contributed by atoms with Crippen LogP contribution in [0, 0.1) is 0 Å². The number of aromatic nitrogens is 2. The van der Waals surface area contributed by atoms with Crippen molar-refractivity contribution in [3.8, 4) is 0 Å². The van der Waals surface area contributed by atoms with Gasteiger partial charge >= 0.3 is 0 Å². The van der Waals surface area contributed by atoms with Gasteiger partial charge in [-0.3, -0.25) is 0 Å². The lowest BCUT2D eigenvalue weighted by atomic mass is 10.0. The normalized spacial score (nSPS) is 17.5. The Hall–Kier alpha value is -2.83. The zero-order chi connectivity index (χ0) is 21.4. The van der Waals surface area contributed by atoms with E-state index in [1.54, 1.807) is 6.20 Å². The van der Waals surface area contributed by atoms with Gasteiger partial charge in [-0.1, -0.05) is 23.7 Å². The third-order valence-corrected chi connectivity index (χ3v) is 6.52. The molecule has 0 radical (unpaired) electrons. The van der Waals surface area contributed by atoms with Gasteiger partial charge in [-0.05, 0) is 54.3 Å². The van der Waals surface area contributed by atoms with Crippen molar-refractivity contribution >= 4 is 40.4 Å². The monoisotopic (exact) mass is 435 g/mol. The molecule has 2 N–H and O–H groups in total. The lowest BCUT2D eigenvalue weighted by Crippen LogP contribution is -2.55. The Balaban J connectivity index is 1.54. The summed E-state index contributed by atoms with van der Waals surface area (Å²) >= 11 is 6.39. The Morgan fingerprint density at radius 2 is 1.77 bits per heavy atom. The van der Waals surface area contributed by atoms with Gasteiger partial charge < -0.3 is 20.0 Å². The van der Waals surface area contributed by atoms with Crippen LogP contribution in [0.2, 0.25) is 5.02 Å². The van der Waals surface area contributed by atoms with Crippen molar-refractivity contribution in [2.75, 3.05) is 55.8 Å². The van der Waals surface area contributed by atoms with E-state index < -0.39 is 0 Å². The third-order valence-electron chi connectivity index (χ3n) is 6.24. The summed E-state index contributed by atoms with van der Waals surface area (Å²) in [6.45, 7) is 4.47. The molecule has 0 atom stereocenters. The fraction of sp³-hybridized carbons (Fsp3) is 0.333. The van der Waals surface area contributed by atoms with Gasteiger partial charge in [0.15, 0.2) is 5.82 Å². The van der Waals surface area contributed by atoms with Gasteiger partial charge in [0.1, 0.15) is 5.02 Å². The number of anilines is 5. The van der Waals surface area contributed by atoms with E-state index in [0.29, 0.717) is 16.8 Å². The minimum absolute atomic E-state index is 0.496. The minimum Gasteiger partial charge on any atom is -0.360 e. The first-order valence-corrected chi connectivity index (χ1v) is 11.2. The third kappa shape index (κ3) is 4.45. The molecule has 1 aromatic heterocycles. The highest BCUT2D eigenvalue weighted by Crippen LogP contribution is 2.31. The van der Waals surface area contributed by atoms with Crippen LogP contribution in [0.4, 0.5) is 28.8 Å². The lowest BCUT2D eigenvalue weighted by Gasteiger charge is -2.40. The van der Waals surface area contributed by atoms with Crippen LogP contribution < -0.4 is 15.5 Å². The number of likely N-dealkylation sites (N-methyl/N-ethyl adjacent to an activating group) is 1. The van der Waals surface area contributed by atoms with E-state index in [-0.39, 0.29) is 0 Å². The first-order chi connectivity index (χ1) is 14.9. The fourth-order valence-electron chi connectivity index (χ4n) is 4.28. The van der Waals surface area contributed by atoms with Crippen molar-refractivity contribution < 1.29 is 4.48 Å². The van der Waals surface area contributed by atoms with Crippen LogP contribution in [0.3, 0.4) is 0 Å². The second-order valence-electron chi connectivity index (χ2n) is 9.05. The molecular weight excluding hydrogens is 408 g/mol. The molecule has 0 aliphatic carbocycles. The average Bonchev–Trinajstić information content (AvgIpc) is 2.75. The molecule has 1 saturated heterocycles. The molecule has 1 fully saturated rings. The van der Waals surface area contributed by atoms with E-state index in [1.807, 2.05) is 6.07 Å². The van der Waals surface area contributed by atoms with Gasteiger partial charge in [0, 0.05) is 17.1 Å². The number of nitrogens with zero attached hydrogens (tertiary/aromatic N) is 4. The van der Waals surface area contributed by atoms with E-state index in [1.165, 1.54) is 16.8 Å². The number of hydrogen-bond acceptors (Lipinski definition) is 5. The number of piperazine rings is 1. The second-order valence-corrected chi connectivity index (χ2v) is 9.46. The van der Waals surface area contributed by atoms with Gasteiger partial charge in [-0.2, -0.15) is 4.98 Å². The molecule has 160 valence electrons. The summed E-state index contributed by atoms with van der Waals surface area (Å²) in [5.74, 6) is 1.12. The molecule has 31 heavy (non-hydrogen) atoms. The first kappa shape index (κ1) is 20.1. The molecule has 6 nitrogen and oxygen atoms in total. The molecule has 2 aliphatic heterocycles. The van der Waals surface area contributed by atoms with Crippen molar-refractivity contribution in [1.82, 2.24) is 9.97 Å². The molecule has 0 spiro atoms.